The highest BCUT2D eigenvalue weighted by Crippen LogP contribution is 2.32. The minimum atomic E-state index is 0.217. The summed E-state index contributed by atoms with van der Waals surface area (Å²) in [5.74, 6) is 1.02. The number of hydrogen-bond acceptors (Lipinski definition) is 3. The molecule has 1 aliphatic rings. The van der Waals surface area contributed by atoms with Gasteiger partial charge in [-0.2, -0.15) is 0 Å². The van der Waals surface area contributed by atoms with Crippen LogP contribution in [0.3, 0.4) is 0 Å². The molecule has 0 radical (unpaired) electrons. The Morgan fingerprint density at radius 2 is 2.31 bits per heavy atom. The molecule has 4 nitrogen and oxygen atoms in total. The molecule has 4 heteroatoms. The SMILES string of the molecule is CCN(C(=O)C1CC1)c1ccc(OC)nc1. The number of methoxy groups -OCH3 is 1. The van der Waals surface area contributed by atoms with Gasteiger partial charge in [-0.1, -0.05) is 0 Å². The van der Waals surface area contributed by atoms with E-state index in [-0.39, 0.29) is 11.8 Å². The van der Waals surface area contributed by atoms with Crippen molar-refractivity contribution in [1.29, 1.82) is 0 Å². The third-order valence-electron chi connectivity index (χ3n) is 2.75. The third kappa shape index (κ3) is 2.15. The van der Waals surface area contributed by atoms with Gasteiger partial charge in [0.15, 0.2) is 0 Å². The van der Waals surface area contributed by atoms with Crippen LogP contribution in [0, 0.1) is 5.92 Å². The van der Waals surface area contributed by atoms with Crippen molar-refractivity contribution >= 4 is 11.6 Å². The van der Waals surface area contributed by atoms with Gasteiger partial charge in [0, 0.05) is 18.5 Å². The van der Waals surface area contributed by atoms with Crippen molar-refractivity contribution in [2.75, 3.05) is 18.6 Å². The Morgan fingerprint density at radius 1 is 1.56 bits per heavy atom. The smallest absolute Gasteiger partial charge is 0.230 e. The zero-order chi connectivity index (χ0) is 11.5. The van der Waals surface area contributed by atoms with E-state index in [4.69, 9.17) is 4.74 Å². The van der Waals surface area contributed by atoms with Crippen LogP contribution < -0.4 is 9.64 Å². The molecule has 16 heavy (non-hydrogen) atoms. The van der Waals surface area contributed by atoms with E-state index in [0.29, 0.717) is 12.4 Å². The number of ether oxygens (including phenoxy) is 1. The summed E-state index contributed by atoms with van der Waals surface area (Å²) >= 11 is 0. The standard InChI is InChI=1S/C12H16N2O2/c1-3-14(12(15)9-4-5-9)10-6-7-11(16-2)13-8-10/h6-9H,3-5H2,1-2H3. The van der Waals surface area contributed by atoms with Crippen LogP contribution in [0.25, 0.3) is 0 Å². The number of carbonyl (C=O) groups is 1. The number of rotatable bonds is 4. The van der Waals surface area contributed by atoms with Crippen molar-refractivity contribution in [2.45, 2.75) is 19.8 Å². The number of amides is 1. The molecular formula is C12H16N2O2. The summed E-state index contributed by atoms with van der Waals surface area (Å²) in [7, 11) is 1.58. The van der Waals surface area contributed by atoms with Crippen molar-refractivity contribution in [3.63, 3.8) is 0 Å². The van der Waals surface area contributed by atoms with Crippen LogP contribution >= 0.6 is 0 Å². The van der Waals surface area contributed by atoms with E-state index >= 15 is 0 Å². The van der Waals surface area contributed by atoms with Crippen molar-refractivity contribution in [1.82, 2.24) is 4.98 Å². The number of anilines is 1. The highest BCUT2D eigenvalue weighted by molar-refractivity contribution is 5.96. The van der Waals surface area contributed by atoms with Gasteiger partial charge < -0.3 is 9.64 Å². The van der Waals surface area contributed by atoms with E-state index in [1.807, 2.05) is 13.0 Å². The van der Waals surface area contributed by atoms with Crippen molar-refractivity contribution in [2.24, 2.45) is 5.92 Å². The first kappa shape index (κ1) is 10.9. The van der Waals surface area contributed by atoms with Crippen LogP contribution in [0.1, 0.15) is 19.8 Å². The second-order valence-electron chi connectivity index (χ2n) is 3.92. The van der Waals surface area contributed by atoms with Crippen LogP contribution in [0.15, 0.2) is 18.3 Å². The molecule has 0 spiro atoms. The maximum atomic E-state index is 12.0. The molecular weight excluding hydrogens is 204 g/mol. The maximum absolute atomic E-state index is 12.0. The number of nitrogens with zero attached hydrogens (tertiary/aromatic N) is 2. The van der Waals surface area contributed by atoms with E-state index in [2.05, 4.69) is 4.98 Å². The fourth-order valence-electron chi connectivity index (χ4n) is 1.67. The fourth-order valence-corrected chi connectivity index (χ4v) is 1.67. The number of hydrogen-bond donors (Lipinski definition) is 0. The van der Waals surface area contributed by atoms with Crippen LogP contribution in [0.4, 0.5) is 5.69 Å². The Hall–Kier alpha value is -1.58. The second kappa shape index (κ2) is 4.51. The van der Waals surface area contributed by atoms with Gasteiger partial charge in [0.2, 0.25) is 11.8 Å². The normalized spacial score (nSPS) is 14.6. The summed E-state index contributed by atoms with van der Waals surface area (Å²) in [6.07, 6.45) is 3.74. The van der Waals surface area contributed by atoms with Crippen molar-refractivity contribution < 1.29 is 9.53 Å². The molecule has 86 valence electrons. The molecule has 0 aromatic carbocycles. The van der Waals surface area contributed by atoms with Gasteiger partial charge in [0.05, 0.1) is 19.0 Å². The predicted molar refractivity (Wildman–Crippen MR) is 61.5 cm³/mol. The molecule has 2 rings (SSSR count). The lowest BCUT2D eigenvalue weighted by atomic mass is 10.3. The first-order valence-electron chi connectivity index (χ1n) is 5.57. The van der Waals surface area contributed by atoms with Gasteiger partial charge in [-0.15, -0.1) is 0 Å². The molecule has 0 aliphatic heterocycles. The summed E-state index contributed by atoms with van der Waals surface area (Å²) < 4.78 is 4.99. The fraction of sp³-hybridized carbons (Fsp3) is 0.500. The Bertz CT molecular complexity index is 371. The molecule has 1 saturated carbocycles. The first-order chi connectivity index (χ1) is 7.76. The lowest BCUT2D eigenvalue weighted by Crippen LogP contribution is -2.31. The minimum Gasteiger partial charge on any atom is -0.481 e. The minimum absolute atomic E-state index is 0.217. The van der Waals surface area contributed by atoms with Gasteiger partial charge in [-0.25, -0.2) is 4.98 Å². The first-order valence-corrected chi connectivity index (χ1v) is 5.57. The average molecular weight is 220 g/mol. The predicted octanol–water partition coefficient (Wildman–Crippen LogP) is 1.85. The summed E-state index contributed by atoms with van der Waals surface area (Å²) in [6.45, 7) is 2.66. The van der Waals surface area contributed by atoms with Crippen LogP contribution in [-0.2, 0) is 4.79 Å². The zero-order valence-corrected chi connectivity index (χ0v) is 9.64. The van der Waals surface area contributed by atoms with E-state index in [1.165, 1.54) is 0 Å². The highest BCUT2D eigenvalue weighted by atomic mass is 16.5. The number of pyridine rings is 1. The van der Waals surface area contributed by atoms with E-state index in [9.17, 15) is 4.79 Å². The Kier molecular flexibility index (Phi) is 3.08. The van der Waals surface area contributed by atoms with Crippen LogP contribution in [0.2, 0.25) is 0 Å². The molecule has 0 saturated heterocycles. The maximum Gasteiger partial charge on any atom is 0.230 e. The zero-order valence-electron chi connectivity index (χ0n) is 9.64. The molecule has 1 aromatic heterocycles. The Labute approximate surface area is 95.2 Å². The largest absolute Gasteiger partial charge is 0.481 e. The molecule has 0 N–H and O–H groups in total. The molecule has 1 amide bonds. The molecule has 0 bridgehead atoms. The number of aromatic nitrogens is 1. The molecule has 0 unspecified atom stereocenters. The molecule has 1 aliphatic carbocycles. The summed E-state index contributed by atoms with van der Waals surface area (Å²) in [5, 5.41) is 0. The average Bonchev–Trinajstić information content (AvgIpc) is 3.14. The third-order valence-corrected chi connectivity index (χ3v) is 2.75. The van der Waals surface area contributed by atoms with Crippen LogP contribution in [0.5, 0.6) is 5.88 Å². The quantitative estimate of drug-likeness (QED) is 0.777. The molecule has 1 heterocycles. The van der Waals surface area contributed by atoms with E-state index in [1.54, 1.807) is 24.3 Å². The topological polar surface area (TPSA) is 42.4 Å². The molecule has 1 fully saturated rings. The number of carbonyl (C=O) groups excluding carboxylic acids is 1. The van der Waals surface area contributed by atoms with Crippen molar-refractivity contribution in [3.8, 4) is 5.88 Å². The Morgan fingerprint density at radius 3 is 2.75 bits per heavy atom. The summed E-state index contributed by atoms with van der Waals surface area (Å²) in [6, 6.07) is 3.65. The van der Waals surface area contributed by atoms with Gasteiger partial charge in [-0.3, -0.25) is 4.79 Å². The van der Waals surface area contributed by atoms with E-state index in [0.717, 1.165) is 18.5 Å². The van der Waals surface area contributed by atoms with Gasteiger partial charge in [-0.05, 0) is 25.8 Å². The van der Waals surface area contributed by atoms with Crippen LogP contribution in [-0.4, -0.2) is 24.5 Å². The second-order valence-corrected chi connectivity index (χ2v) is 3.92. The van der Waals surface area contributed by atoms with Crippen molar-refractivity contribution in [3.05, 3.63) is 18.3 Å². The van der Waals surface area contributed by atoms with Gasteiger partial charge in [0.25, 0.3) is 0 Å². The van der Waals surface area contributed by atoms with Gasteiger partial charge in [0.1, 0.15) is 0 Å². The highest BCUT2D eigenvalue weighted by Gasteiger charge is 2.33. The Balaban J connectivity index is 2.15. The summed E-state index contributed by atoms with van der Waals surface area (Å²) in [4.78, 5) is 17.9. The van der Waals surface area contributed by atoms with Gasteiger partial charge >= 0.3 is 0 Å². The monoisotopic (exact) mass is 220 g/mol. The lowest BCUT2D eigenvalue weighted by Gasteiger charge is -2.20. The lowest BCUT2D eigenvalue weighted by molar-refractivity contribution is -0.119. The molecule has 1 aromatic rings. The molecule has 0 atom stereocenters. The summed E-state index contributed by atoms with van der Waals surface area (Å²) in [5.41, 5.74) is 0.847. The van der Waals surface area contributed by atoms with E-state index < -0.39 is 0 Å².